The minimum absolute atomic E-state index is 0.565. The molecule has 2 heteroatoms. The molecule has 1 aliphatic heterocycles. The molecule has 1 saturated carbocycles. The van der Waals surface area contributed by atoms with E-state index in [1.54, 1.807) is 0 Å². The summed E-state index contributed by atoms with van der Waals surface area (Å²) in [6.07, 6.45) is 8.68. The molecule has 1 saturated heterocycles. The van der Waals surface area contributed by atoms with E-state index < -0.39 is 0 Å². The molecular weight excluding hydrogens is 220 g/mol. The van der Waals surface area contributed by atoms with Crippen LogP contribution >= 0.6 is 0 Å². The van der Waals surface area contributed by atoms with Gasteiger partial charge in [-0.3, -0.25) is 0 Å². The molecule has 2 unspecified atom stereocenters. The molecule has 1 heterocycles. The van der Waals surface area contributed by atoms with E-state index >= 15 is 0 Å². The Hall–Kier alpha value is -0.0800. The number of hydrogen-bond acceptors (Lipinski definition) is 2. The summed E-state index contributed by atoms with van der Waals surface area (Å²) in [5.41, 5.74) is 0.565. The third-order valence-electron chi connectivity index (χ3n) is 5.34. The van der Waals surface area contributed by atoms with Crippen molar-refractivity contribution in [2.45, 2.75) is 52.4 Å². The van der Waals surface area contributed by atoms with Crippen LogP contribution in [0, 0.1) is 17.3 Å². The minimum atomic E-state index is 0.565. The number of rotatable bonds is 4. The molecule has 2 atom stereocenters. The first-order chi connectivity index (χ1) is 8.65. The maximum atomic E-state index is 3.48. The smallest absolute Gasteiger partial charge is 0.00504 e. The summed E-state index contributed by atoms with van der Waals surface area (Å²) in [5, 5.41) is 3.48. The molecular formula is C16H32N2. The molecule has 2 nitrogen and oxygen atoms in total. The monoisotopic (exact) mass is 252 g/mol. The van der Waals surface area contributed by atoms with Gasteiger partial charge >= 0.3 is 0 Å². The van der Waals surface area contributed by atoms with E-state index in [-0.39, 0.29) is 0 Å². The van der Waals surface area contributed by atoms with Crippen molar-refractivity contribution in [3.05, 3.63) is 0 Å². The normalized spacial score (nSPS) is 33.5. The largest absolute Gasteiger partial charge is 0.319 e. The van der Waals surface area contributed by atoms with Crippen molar-refractivity contribution >= 4 is 0 Å². The number of nitrogens with zero attached hydrogens (tertiary/aromatic N) is 1. The van der Waals surface area contributed by atoms with Crippen LogP contribution in [0.15, 0.2) is 0 Å². The summed E-state index contributed by atoms with van der Waals surface area (Å²) in [5.74, 6) is 1.78. The lowest BCUT2D eigenvalue weighted by Crippen LogP contribution is -2.42. The van der Waals surface area contributed by atoms with Gasteiger partial charge in [0.25, 0.3) is 0 Å². The standard InChI is InChI=1S/C16H32N2/c1-14-10-18(11-15(14)2)13-16(12-17-3)8-6-4-5-7-9-16/h14-15,17H,4-13H2,1-3H3. The molecule has 0 radical (unpaired) electrons. The first kappa shape index (κ1) is 14.3. The number of nitrogens with one attached hydrogen (secondary N) is 1. The molecule has 1 N–H and O–H groups in total. The Bertz CT molecular complexity index is 233. The fourth-order valence-corrected chi connectivity index (χ4v) is 4.10. The Morgan fingerprint density at radius 3 is 2.06 bits per heavy atom. The Kier molecular flexibility index (Phi) is 5.08. The van der Waals surface area contributed by atoms with Gasteiger partial charge in [-0.15, -0.1) is 0 Å². The Morgan fingerprint density at radius 2 is 1.56 bits per heavy atom. The van der Waals surface area contributed by atoms with Gasteiger partial charge in [-0.2, -0.15) is 0 Å². The van der Waals surface area contributed by atoms with Crippen LogP contribution in [0.1, 0.15) is 52.4 Å². The summed E-state index contributed by atoms with van der Waals surface area (Å²) in [4.78, 5) is 2.75. The summed E-state index contributed by atoms with van der Waals surface area (Å²) in [6, 6.07) is 0. The topological polar surface area (TPSA) is 15.3 Å². The van der Waals surface area contributed by atoms with E-state index in [1.807, 2.05) is 0 Å². The molecule has 0 spiro atoms. The molecule has 18 heavy (non-hydrogen) atoms. The highest BCUT2D eigenvalue weighted by molar-refractivity contribution is 4.89. The highest BCUT2D eigenvalue weighted by Crippen LogP contribution is 2.37. The van der Waals surface area contributed by atoms with Crippen LogP contribution in [0.25, 0.3) is 0 Å². The van der Waals surface area contributed by atoms with Crippen molar-refractivity contribution in [3.8, 4) is 0 Å². The van der Waals surface area contributed by atoms with Gasteiger partial charge in [0.15, 0.2) is 0 Å². The highest BCUT2D eigenvalue weighted by Gasteiger charge is 2.35. The maximum Gasteiger partial charge on any atom is 0.00504 e. The Labute approximate surface area is 114 Å². The molecule has 0 bridgehead atoms. The van der Waals surface area contributed by atoms with Crippen LogP contribution in [0.5, 0.6) is 0 Å². The fourth-order valence-electron chi connectivity index (χ4n) is 4.10. The van der Waals surface area contributed by atoms with E-state index in [9.17, 15) is 0 Å². The molecule has 2 fully saturated rings. The first-order valence-electron chi connectivity index (χ1n) is 8.02. The van der Waals surface area contributed by atoms with Gasteiger partial charge in [-0.25, -0.2) is 0 Å². The van der Waals surface area contributed by atoms with E-state index in [1.165, 1.54) is 64.7 Å². The molecule has 1 aliphatic carbocycles. The molecule has 106 valence electrons. The highest BCUT2D eigenvalue weighted by atomic mass is 15.2. The fraction of sp³-hybridized carbons (Fsp3) is 1.00. The Balaban J connectivity index is 1.96. The molecule has 0 aromatic carbocycles. The average Bonchev–Trinajstić information content (AvgIpc) is 2.54. The first-order valence-corrected chi connectivity index (χ1v) is 8.02. The van der Waals surface area contributed by atoms with E-state index in [2.05, 4.69) is 31.1 Å². The zero-order valence-electron chi connectivity index (χ0n) is 12.7. The van der Waals surface area contributed by atoms with Crippen molar-refractivity contribution in [1.82, 2.24) is 10.2 Å². The van der Waals surface area contributed by atoms with Crippen molar-refractivity contribution in [2.75, 3.05) is 33.2 Å². The second-order valence-electron chi connectivity index (χ2n) is 7.09. The van der Waals surface area contributed by atoms with Crippen LogP contribution in [-0.2, 0) is 0 Å². The van der Waals surface area contributed by atoms with Crippen molar-refractivity contribution < 1.29 is 0 Å². The van der Waals surface area contributed by atoms with Gasteiger partial charge in [0, 0.05) is 26.2 Å². The average molecular weight is 252 g/mol. The summed E-state index contributed by atoms with van der Waals surface area (Å²) in [6.45, 7) is 10.0. The molecule has 0 amide bonds. The zero-order valence-corrected chi connectivity index (χ0v) is 12.7. The predicted molar refractivity (Wildman–Crippen MR) is 78.8 cm³/mol. The predicted octanol–water partition coefficient (Wildman–Crippen LogP) is 3.13. The third kappa shape index (κ3) is 3.48. The van der Waals surface area contributed by atoms with Crippen LogP contribution in [0.3, 0.4) is 0 Å². The van der Waals surface area contributed by atoms with Crippen molar-refractivity contribution in [3.63, 3.8) is 0 Å². The van der Waals surface area contributed by atoms with Crippen LogP contribution < -0.4 is 5.32 Å². The summed E-state index contributed by atoms with van der Waals surface area (Å²) < 4.78 is 0. The second kappa shape index (κ2) is 6.38. The SMILES string of the molecule is CNCC1(CN2CC(C)C(C)C2)CCCCCC1. The molecule has 0 aromatic heterocycles. The van der Waals surface area contributed by atoms with Crippen molar-refractivity contribution in [2.24, 2.45) is 17.3 Å². The van der Waals surface area contributed by atoms with Gasteiger partial charge < -0.3 is 10.2 Å². The van der Waals surface area contributed by atoms with E-state index in [0.717, 1.165) is 11.8 Å². The van der Waals surface area contributed by atoms with Crippen LogP contribution in [-0.4, -0.2) is 38.1 Å². The van der Waals surface area contributed by atoms with Gasteiger partial charge in [-0.1, -0.05) is 39.5 Å². The van der Waals surface area contributed by atoms with E-state index in [4.69, 9.17) is 0 Å². The number of likely N-dealkylation sites (tertiary alicyclic amines) is 1. The van der Waals surface area contributed by atoms with Gasteiger partial charge in [0.2, 0.25) is 0 Å². The third-order valence-corrected chi connectivity index (χ3v) is 5.34. The van der Waals surface area contributed by atoms with Crippen LogP contribution in [0.2, 0.25) is 0 Å². The van der Waals surface area contributed by atoms with Gasteiger partial charge in [0.1, 0.15) is 0 Å². The zero-order chi connectivity index (χ0) is 13.0. The quantitative estimate of drug-likeness (QED) is 0.773. The summed E-state index contributed by atoms with van der Waals surface area (Å²) in [7, 11) is 2.13. The lowest BCUT2D eigenvalue weighted by molar-refractivity contribution is 0.144. The van der Waals surface area contributed by atoms with Crippen LogP contribution in [0.4, 0.5) is 0 Å². The van der Waals surface area contributed by atoms with Gasteiger partial charge in [-0.05, 0) is 37.1 Å². The lowest BCUT2D eigenvalue weighted by Gasteiger charge is -2.36. The molecule has 2 aliphatic rings. The van der Waals surface area contributed by atoms with E-state index in [0.29, 0.717) is 5.41 Å². The minimum Gasteiger partial charge on any atom is -0.319 e. The lowest BCUT2D eigenvalue weighted by atomic mass is 9.79. The second-order valence-corrected chi connectivity index (χ2v) is 7.09. The molecule has 2 rings (SSSR count). The maximum absolute atomic E-state index is 3.48. The Morgan fingerprint density at radius 1 is 1.00 bits per heavy atom. The molecule has 0 aromatic rings. The summed E-state index contributed by atoms with van der Waals surface area (Å²) >= 11 is 0. The van der Waals surface area contributed by atoms with Gasteiger partial charge in [0.05, 0.1) is 0 Å². The van der Waals surface area contributed by atoms with Crippen molar-refractivity contribution in [1.29, 1.82) is 0 Å². The number of hydrogen-bond donors (Lipinski definition) is 1.